The van der Waals surface area contributed by atoms with E-state index >= 15 is 0 Å². The van der Waals surface area contributed by atoms with E-state index in [2.05, 4.69) is 5.32 Å². The highest BCUT2D eigenvalue weighted by Gasteiger charge is 2.42. The Kier molecular flexibility index (Phi) is 15.1. The van der Waals surface area contributed by atoms with Gasteiger partial charge in [0.25, 0.3) is 11.8 Å². The number of likely N-dealkylation sites (N-methyl/N-ethyl adjacent to an activating group) is 1. The van der Waals surface area contributed by atoms with E-state index in [4.69, 9.17) is 19.9 Å². The number of piperazine rings is 1. The third-order valence-corrected chi connectivity index (χ3v) is 7.48. The molecule has 4 amide bonds. The van der Waals surface area contributed by atoms with Crippen LogP contribution in [-0.2, 0) is 46.3 Å². The van der Waals surface area contributed by atoms with E-state index in [9.17, 15) is 28.8 Å². The van der Waals surface area contributed by atoms with Gasteiger partial charge in [-0.3, -0.25) is 28.8 Å². The van der Waals surface area contributed by atoms with Gasteiger partial charge in [0, 0.05) is 39.2 Å². The molecule has 2 aromatic carbocycles. The molecule has 0 aromatic heterocycles. The second-order valence-corrected chi connectivity index (χ2v) is 10.9. The molecule has 3 rings (SSSR count). The predicted octanol–water partition coefficient (Wildman–Crippen LogP) is 0.193. The van der Waals surface area contributed by atoms with E-state index in [1.54, 1.807) is 48.5 Å². The summed E-state index contributed by atoms with van der Waals surface area (Å²) in [6, 6.07) is 11.4. The van der Waals surface area contributed by atoms with Gasteiger partial charge in [0.1, 0.15) is 24.4 Å². The van der Waals surface area contributed by atoms with Crippen LogP contribution in [0.1, 0.15) is 27.9 Å². The number of nitrogens with zero attached hydrogens (tertiary/aromatic N) is 3. The summed E-state index contributed by atoms with van der Waals surface area (Å²) in [5.74, 6) is -3.16. The summed E-state index contributed by atoms with van der Waals surface area (Å²) in [6.45, 7) is -0.609. The predicted molar refractivity (Wildman–Crippen MR) is 173 cm³/mol. The number of carbonyl (C=O) groups is 6. The number of hydrogen-bond donors (Lipinski definition) is 2. The quantitative estimate of drug-likeness (QED) is 0.263. The lowest BCUT2D eigenvalue weighted by molar-refractivity contribution is -0.161. The van der Waals surface area contributed by atoms with Gasteiger partial charge in [-0.25, -0.2) is 0 Å². The SMILES string of the molecule is COC(=O)C[C@H]1C(=O)N(CC(=O)OCC(=O)N(C)C)CCN1C(=O)[C@H](Cc1ccc(OC)cc1)NC(=O)c1ccc(CCN)cc1.Cl. The van der Waals surface area contributed by atoms with Crippen molar-refractivity contribution in [1.29, 1.82) is 0 Å². The molecule has 0 bridgehead atoms. The van der Waals surface area contributed by atoms with Crippen LogP contribution in [0, 0.1) is 0 Å². The second kappa shape index (κ2) is 18.5. The van der Waals surface area contributed by atoms with Gasteiger partial charge in [0.05, 0.1) is 20.6 Å². The fraction of sp³-hybridized carbons (Fsp3) is 0.438. The molecule has 1 saturated heterocycles. The molecule has 15 heteroatoms. The van der Waals surface area contributed by atoms with Crippen LogP contribution in [0.5, 0.6) is 5.75 Å². The highest BCUT2D eigenvalue weighted by Crippen LogP contribution is 2.20. The number of esters is 2. The summed E-state index contributed by atoms with van der Waals surface area (Å²) >= 11 is 0. The zero-order valence-corrected chi connectivity index (χ0v) is 27.7. The molecule has 0 spiro atoms. The molecule has 2 atom stereocenters. The maximum Gasteiger partial charge on any atom is 0.326 e. The highest BCUT2D eigenvalue weighted by atomic mass is 35.5. The van der Waals surface area contributed by atoms with Crippen LogP contribution in [0.4, 0.5) is 0 Å². The molecule has 14 nitrogen and oxygen atoms in total. The average Bonchev–Trinajstić information content (AvgIpc) is 3.05. The van der Waals surface area contributed by atoms with Gasteiger partial charge >= 0.3 is 11.9 Å². The Balaban J connectivity index is 0.00000768. The third-order valence-electron chi connectivity index (χ3n) is 7.48. The molecule has 0 saturated carbocycles. The van der Waals surface area contributed by atoms with Crippen molar-refractivity contribution in [3.05, 3.63) is 65.2 Å². The maximum atomic E-state index is 14.1. The Morgan fingerprint density at radius 2 is 1.60 bits per heavy atom. The van der Waals surface area contributed by atoms with Gasteiger partial charge in [-0.05, 0) is 48.4 Å². The van der Waals surface area contributed by atoms with Gasteiger partial charge in [-0.1, -0.05) is 24.3 Å². The Bertz CT molecular complexity index is 1400. The molecule has 1 fully saturated rings. The van der Waals surface area contributed by atoms with Crippen molar-refractivity contribution < 1.29 is 43.0 Å². The van der Waals surface area contributed by atoms with E-state index in [1.165, 1.54) is 35.9 Å². The fourth-order valence-electron chi connectivity index (χ4n) is 4.80. The smallest absolute Gasteiger partial charge is 0.326 e. The Hall–Kier alpha value is -4.69. The van der Waals surface area contributed by atoms with E-state index in [1.807, 2.05) is 0 Å². The molecule has 0 aliphatic carbocycles. The first-order valence-electron chi connectivity index (χ1n) is 14.7. The number of nitrogens with two attached hydrogens (primary N) is 1. The van der Waals surface area contributed by atoms with Crippen LogP contribution < -0.4 is 15.8 Å². The lowest BCUT2D eigenvalue weighted by Gasteiger charge is -2.41. The number of methoxy groups -OCH3 is 2. The standard InChI is InChI=1S/C32H41N5O9.ClH/c1-35(2)27(38)20-46-29(40)19-36-15-16-37(26(32(36)43)18-28(39)45-4)31(42)25(17-22-7-11-24(44-3)12-8-22)34-30(41)23-9-5-21(6-10-23)13-14-33;/h5-12,25-26H,13-20,33H2,1-4H3,(H,34,41);1H/t25-,26-;/m0./s1. The van der Waals surface area contributed by atoms with Crippen molar-refractivity contribution in [3.8, 4) is 5.75 Å². The van der Waals surface area contributed by atoms with Crippen LogP contribution in [0.15, 0.2) is 48.5 Å². The summed E-state index contributed by atoms with van der Waals surface area (Å²) in [5.41, 5.74) is 7.62. The summed E-state index contributed by atoms with van der Waals surface area (Å²) < 4.78 is 15.0. The molecule has 0 unspecified atom stereocenters. The van der Waals surface area contributed by atoms with Crippen molar-refractivity contribution in [3.63, 3.8) is 0 Å². The first-order chi connectivity index (χ1) is 22.0. The van der Waals surface area contributed by atoms with Crippen LogP contribution in [0.25, 0.3) is 0 Å². The van der Waals surface area contributed by atoms with Gasteiger partial charge in [0.2, 0.25) is 11.8 Å². The minimum Gasteiger partial charge on any atom is -0.497 e. The number of nitrogens with one attached hydrogen (secondary N) is 1. The van der Waals surface area contributed by atoms with E-state index in [0.717, 1.165) is 12.7 Å². The minimum absolute atomic E-state index is 0. The summed E-state index contributed by atoms with van der Waals surface area (Å²) in [5, 5.41) is 2.80. The fourth-order valence-corrected chi connectivity index (χ4v) is 4.80. The maximum absolute atomic E-state index is 14.1. The van der Waals surface area contributed by atoms with Gasteiger partial charge in [-0.2, -0.15) is 0 Å². The normalized spacial score (nSPS) is 14.7. The van der Waals surface area contributed by atoms with Gasteiger partial charge in [-0.15, -0.1) is 12.4 Å². The Morgan fingerprint density at radius 3 is 2.17 bits per heavy atom. The molecule has 0 radical (unpaired) electrons. The number of hydrogen-bond acceptors (Lipinski definition) is 10. The van der Waals surface area contributed by atoms with Gasteiger partial charge in [0.15, 0.2) is 6.61 Å². The Morgan fingerprint density at radius 1 is 0.957 bits per heavy atom. The van der Waals surface area contributed by atoms with Crippen molar-refractivity contribution >= 4 is 48.0 Å². The van der Waals surface area contributed by atoms with E-state index in [0.29, 0.717) is 29.8 Å². The molecular formula is C32H42ClN5O9. The summed E-state index contributed by atoms with van der Waals surface area (Å²) in [4.78, 5) is 81.3. The van der Waals surface area contributed by atoms with Gasteiger partial charge < -0.3 is 40.0 Å². The average molecular weight is 676 g/mol. The number of benzene rings is 2. The first kappa shape index (κ1) is 38.5. The Labute approximate surface area is 279 Å². The molecule has 1 aliphatic rings. The molecule has 256 valence electrons. The van der Waals surface area contributed by atoms with Crippen LogP contribution >= 0.6 is 12.4 Å². The summed E-state index contributed by atoms with van der Waals surface area (Å²) in [6.07, 6.45) is 0.247. The van der Waals surface area contributed by atoms with Crippen LogP contribution in [-0.4, -0.2) is 123 Å². The number of amides is 4. The second-order valence-electron chi connectivity index (χ2n) is 10.9. The zero-order chi connectivity index (χ0) is 33.8. The largest absolute Gasteiger partial charge is 0.497 e. The molecule has 3 N–H and O–H groups in total. The molecule has 1 heterocycles. The molecular weight excluding hydrogens is 634 g/mol. The monoisotopic (exact) mass is 675 g/mol. The lowest BCUT2D eigenvalue weighted by Crippen LogP contribution is -2.63. The van der Waals surface area contributed by atoms with E-state index in [-0.39, 0.29) is 31.9 Å². The molecule has 2 aromatic rings. The zero-order valence-electron chi connectivity index (χ0n) is 26.9. The minimum atomic E-state index is -1.31. The number of ether oxygens (including phenoxy) is 3. The number of halogens is 1. The summed E-state index contributed by atoms with van der Waals surface area (Å²) in [7, 11) is 5.71. The molecule has 1 aliphatic heterocycles. The van der Waals surface area contributed by atoms with Crippen molar-refractivity contribution in [2.24, 2.45) is 5.73 Å². The van der Waals surface area contributed by atoms with E-state index < -0.39 is 67.2 Å². The van der Waals surface area contributed by atoms with Crippen LogP contribution in [0.2, 0.25) is 0 Å². The van der Waals surface area contributed by atoms with Crippen molar-refractivity contribution in [2.45, 2.75) is 31.3 Å². The highest BCUT2D eigenvalue weighted by molar-refractivity contribution is 5.99. The number of rotatable bonds is 14. The number of carbonyl (C=O) groups excluding carboxylic acids is 6. The third kappa shape index (κ3) is 11.0. The topological polar surface area (TPSA) is 178 Å². The lowest BCUT2D eigenvalue weighted by atomic mass is 10.0. The molecule has 47 heavy (non-hydrogen) atoms. The van der Waals surface area contributed by atoms with Crippen molar-refractivity contribution in [2.75, 3.05) is 61.1 Å². The first-order valence-corrected chi connectivity index (χ1v) is 14.7. The van der Waals surface area contributed by atoms with Crippen LogP contribution in [0.3, 0.4) is 0 Å². The van der Waals surface area contributed by atoms with Crippen molar-refractivity contribution in [1.82, 2.24) is 20.0 Å².